The van der Waals surface area contributed by atoms with E-state index in [2.05, 4.69) is 0 Å². The van der Waals surface area contributed by atoms with E-state index < -0.39 is 29.0 Å². The fourth-order valence-corrected chi connectivity index (χ4v) is 3.48. The number of aliphatic hydroxyl groups excluding tert-OH is 3. The van der Waals surface area contributed by atoms with E-state index in [0.29, 0.717) is 30.4 Å². The lowest BCUT2D eigenvalue weighted by molar-refractivity contribution is -0.385. The molecule has 1 spiro atoms. The number of ether oxygens (including phenoxy) is 2. The summed E-state index contributed by atoms with van der Waals surface area (Å²) >= 11 is 0. The smallest absolute Gasteiger partial charge is 0.269 e. The molecule has 3 rings (SSSR count). The van der Waals surface area contributed by atoms with Gasteiger partial charge in [-0.3, -0.25) is 10.1 Å². The number of nitrogens with zero attached hydrogens (tertiary/aromatic N) is 1. The molecule has 8 nitrogen and oxygen atoms in total. The van der Waals surface area contributed by atoms with Gasteiger partial charge >= 0.3 is 0 Å². The third-order valence-corrected chi connectivity index (χ3v) is 4.63. The number of fused-ring (bicyclic) bond motifs is 2. The summed E-state index contributed by atoms with van der Waals surface area (Å²) in [6, 6.07) is 4.33. The SMILES string of the molecule is O=[N+]([O-])c1ccc2c(c1)CCCO[C@]21O[C@H](CCO)C[C@H](O)[C@H]1O. The van der Waals surface area contributed by atoms with Crippen molar-refractivity contribution in [2.75, 3.05) is 13.2 Å². The van der Waals surface area contributed by atoms with Crippen LogP contribution in [0.4, 0.5) is 5.69 Å². The van der Waals surface area contributed by atoms with Crippen molar-refractivity contribution in [3.8, 4) is 0 Å². The van der Waals surface area contributed by atoms with E-state index in [-0.39, 0.29) is 25.3 Å². The standard InChI is InChI=1S/C16H21NO7/c18-6-5-12-9-14(19)15(20)16(24-12)13-4-3-11(17(21)22)8-10(13)2-1-7-23-16/h3-4,8,12,14-15,18-20H,1-2,5-7,9H2/t12-,14+,15-,16+/m1/s1. The Labute approximate surface area is 138 Å². The average Bonchev–Trinajstić information content (AvgIpc) is 2.73. The third kappa shape index (κ3) is 2.91. The van der Waals surface area contributed by atoms with Gasteiger partial charge in [0.25, 0.3) is 5.69 Å². The van der Waals surface area contributed by atoms with Crippen molar-refractivity contribution in [2.45, 2.75) is 49.8 Å². The molecule has 24 heavy (non-hydrogen) atoms. The quantitative estimate of drug-likeness (QED) is 0.544. The Morgan fingerprint density at radius 2 is 2.17 bits per heavy atom. The van der Waals surface area contributed by atoms with Crippen molar-refractivity contribution in [3.05, 3.63) is 39.4 Å². The molecule has 1 fully saturated rings. The van der Waals surface area contributed by atoms with Gasteiger partial charge in [-0.15, -0.1) is 0 Å². The molecule has 0 bridgehead atoms. The minimum atomic E-state index is -1.57. The molecule has 1 aromatic carbocycles. The van der Waals surface area contributed by atoms with Gasteiger partial charge in [0.2, 0.25) is 5.79 Å². The maximum Gasteiger partial charge on any atom is 0.269 e. The molecule has 0 unspecified atom stereocenters. The van der Waals surface area contributed by atoms with Gasteiger partial charge in [-0.05, 0) is 30.9 Å². The number of nitro groups is 1. The summed E-state index contributed by atoms with van der Waals surface area (Å²) < 4.78 is 11.8. The van der Waals surface area contributed by atoms with Crippen LogP contribution in [0.3, 0.4) is 0 Å². The first-order valence-corrected chi connectivity index (χ1v) is 8.04. The summed E-state index contributed by atoms with van der Waals surface area (Å²) in [7, 11) is 0. The van der Waals surface area contributed by atoms with Crippen LogP contribution in [0.25, 0.3) is 0 Å². The van der Waals surface area contributed by atoms with Crippen molar-refractivity contribution >= 4 is 5.69 Å². The predicted octanol–water partition coefficient (Wildman–Crippen LogP) is 0.603. The fraction of sp³-hybridized carbons (Fsp3) is 0.625. The van der Waals surface area contributed by atoms with E-state index in [1.165, 1.54) is 18.2 Å². The van der Waals surface area contributed by atoms with Crippen molar-refractivity contribution < 1.29 is 29.7 Å². The maximum atomic E-state index is 11.0. The summed E-state index contributed by atoms with van der Waals surface area (Å²) in [6.07, 6.45) is -1.20. The Hall–Kier alpha value is -1.58. The van der Waals surface area contributed by atoms with E-state index in [4.69, 9.17) is 14.6 Å². The summed E-state index contributed by atoms with van der Waals surface area (Å²) in [5.74, 6) is -1.57. The first kappa shape index (κ1) is 17.2. The monoisotopic (exact) mass is 339 g/mol. The number of aryl methyl sites for hydroxylation is 1. The zero-order valence-corrected chi connectivity index (χ0v) is 13.1. The highest BCUT2D eigenvalue weighted by atomic mass is 16.7. The molecule has 0 saturated carbocycles. The number of nitro benzene ring substituents is 1. The van der Waals surface area contributed by atoms with Crippen LogP contribution in [-0.4, -0.2) is 51.8 Å². The van der Waals surface area contributed by atoms with Gasteiger partial charge in [-0.1, -0.05) is 0 Å². The molecule has 2 heterocycles. The average molecular weight is 339 g/mol. The lowest BCUT2D eigenvalue weighted by atomic mass is 9.86. The predicted molar refractivity (Wildman–Crippen MR) is 82.3 cm³/mol. The Morgan fingerprint density at radius 3 is 2.88 bits per heavy atom. The minimum Gasteiger partial charge on any atom is -0.396 e. The molecule has 2 aliphatic heterocycles. The van der Waals surface area contributed by atoms with Gasteiger partial charge < -0.3 is 24.8 Å². The molecule has 8 heteroatoms. The van der Waals surface area contributed by atoms with Crippen LogP contribution in [0.2, 0.25) is 0 Å². The van der Waals surface area contributed by atoms with E-state index in [0.717, 1.165) is 0 Å². The molecule has 0 aliphatic carbocycles. The summed E-state index contributed by atoms with van der Waals surface area (Å²) in [5, 5.41) is 41.0. The number of hydrogen-bond acceptors (Lipinski definition) is 7. The number of rotatable bonds is 3. The van der Waals surface area contributed by atoms with Gasteiger partial charge in [0.1, 0.15) is 6.10 Å². The van der Waals surface area contributed by atoms with Gasteiger partial charge in [0.15, 0.2) is 0 Å². The Balaban J connectivity index is 2.07. The molecular weight excluding hydrogens is 318 g/mol. The molecule has 1 aromatic rings. The molecule has 0 aromatic heterocycles. The second-order valence-electron chi connectivity index (χ2n) is 6.22. The summed E-state index contributed by atoms with van der Waals surface area (Å²) in [6.45, 7) is 0.175. The highest BCUT2D eigenvalue weighted by Gasteiger charge is 2.53. The van der Waals surface area contributed by atoms with E-state index >= 15 is 0 Å². The second-order valence-corrected chi connectivity index (χ2v) is 6.22. The van der Waals surface area contributed by atoms with Gasteiger partial charge in [0, 0.05) is 30.7 Å². The van der Waals surface area contributed by atoms with Gasteiger partial charge in [0.05, 0.1) is 23.7 Å². The van der Waals surface area contributed by atoms with Crippen LogP contribution in [0.15, 0.2) is 18.2 Å². The summed E-state index contributed by atoms with van der Waals surface area (Å²) in [4.78, 5) is 10.5. The van der Waals surface area contributed by atoms with Crippen LogP contribution in [0.5, 0.6) is 0 Å². The van der Waals surface area contributed by atoms with E-state index in [1.54, 1.807) is 0 Å². The molecule has 0 radical (unpaired) electrons. The first-order chi connectivity index (χ1) is 11.5. The maximum absolute atomic E-state index is 11.0. The van der Waals surface area contributed by atoms with Crippen LogP contribution < -0.4 is 0 Å². The summed E-state index contributed by atoms with van der Waals surface area (Å²) in [5.41, 5.74) is 1.13. The highest BCUT2D eigenvalue weighted by molar-refractivity contribution is 5.43. The molecular formula is C16H21NO7. The van der Waals surface area contributed by atoms with Crippen molar-refractivity contribution in [1.82, 2.24) is 0 Å². The van der Waals surface area contributed by atoms with Crippen molar-refractivity contribution in [2.24, 2.45) is 0 Å². The first-order valence-electron chi connectivity index (χ1n) is 8.04. The lowest BCUT2D eigenvalue weighted by Crippen LogP contribution is -2.57. The van der Waals surface area contributed by atoms with Crippen LogP contribution >= 0.6 is 0 Å². The van der Waals surface area contributed by atoms with E-state index in [9.17, 15) is 20.3 Å². The lowest BCUT2D eigenvalue weighted by Gasteiger charge is -2.46. The van der Waals surface area contributed by atoms with Crippen LogP contribution in [0.1, 0.15) is 30.4 Å². The number of aliphatic hydroxyl groups is 3. The Kier molecular flexibility index (Phi) is 4.84. The van der Waals surface area contributed by atoms with Crippen LogP contribution in [-0.2, 0) is 21.7 Å². The number of hydrogen-bond donors (Lipinski definition) is 3. The number of benzene rings is 1. The normalized spacial score (nSPS) is 33.0. The van der Waals surface area contributed by atoms with E-state index in [1.807, 2.05) is 0 Å². The Morgan fingerprint density at radius 1 is 1.38 bits per heavy atom. The molecule has 1 saturated heterocycles. The van der Waals surface area contributed by atoms with Crippen molar-refractivity contribution in [1.29, 1.82) is 0 Å². The van der Waals surface area contributed by atoms with Crippen LogP contribution in [0, 0.1) is 10.1 Å². The van der Waals surface area contributed by atoms with Gasteiger partial charge in [-0.25, -0.2) is 0 Å². The number of non-ortho nitro benzene ring substituents is 1. The zero-order chi connectivity index (χ0) is 17.3. The highest BCUT2D eigenvalue weighted by Crippen LogP contribution is 2.44. The van der Waals surface area contributed by atoms with Gasteiger partial charge in [-0.2, -0.15) is 0 Å². The van der Waals surface area contributed by atoms with Crippen molar-refractivity contribution in [3.63, 3.8) is 0 Å². The largest absolute Gasteiger partial charge is 0.396 e. The Bertz CT molecular complexity index is 622. The zero-order valence-electron chi connectivity index (χ0n) is 13.1. The molecule has 0 amide bonds. The molecule has 2 aliphatic rings. The molecule has 3 N–H and O–H groups in total. The molecule has 4 atom stereocenters. The second kappa shape index (κ2) is 6.73. The minimum absolute atomic E-state index is 0.0384. The molecule has 132 valence electrons. The third-order valence-electron chi connectivity index (χ3n) is 4.63. The topological polar surface area (TPSA) is 122 Å². The fourth-order valence-electron chi connectivity index (χ4n) is 3.48.